The third-order valence-corrected chi connectivity index (χ3v) is 2.25. The highest BCUT2D eigenvalue weighted by Gasteiger charge is 2.10. The highest BCUT2D eigenvalue weighted by Crippen LogP contribution is 2.17. The molecule has 0 saturated carbocycles. The van der Waals surface area contributed by atoms with Crippen molar-refractivity contribution >= 4 is 5.84 Å². The van der Waals surface area contributed by atoms with E-state index in [1.54, 1.807) is 6.20 Å². The monoisotopic (exact) mass is 165 g/mol. The van der Waals surface area contributed by atoms with E-state index in [4.69, 9.17) is 11.5 Å². The van der Waals surface area contributed by atoms with Crippen molar-refractivity contribution in [3.05, 3.63) is 23.5 Å². The minimum atomic E-state index is 0.426. The Labute approximate surface area is 72.8 Å². The van der Waals surface area contributed by atoms with Gasteiger partial charge in [-0.15, -0.1) is 0 Å². The number of nitrogens with zero attached hydrogens (tertiary/aromatic N) is 1. The van der Waals surface area contributed by atoms with Gasteiger partial charge in [-0.2, -0.15) is 0 Å². The Morgan fingerprint density at radius 3 is 2.83 bits per heavy atom. The molecule has 0 aromatic rings. The Balaban J connectivity index is 3.05. The van der Waals surface area contributed by atoms with Crippen LogP contribution in [0.3, 0.4) is 0 Å². The topological polar surface area (TPSA) is 64.4 Å². The summed E-state index contributed by atoms with van der Waals surface area (Å²) in [6.07, 6.45) is 4.70. The standard InChI is InChI=1S/C9H15N3/c1-6-4-3-5-12-9(11)8(10)7(6)2/h3,5-6H,4,10H2,1-2H3,(H2,11,12). The van der Waals surface area contributed by atoms with Gasteiger partial charge < -0.3 is 11.5 Å². The highest BCUT2D eigenvalue weighted by atomic mass is 14.9. The average molecular weight is 165 g/mol. The van der Waals surface area contributed by atoms with Gasteiger partial charge >= 0.3 is 0 Å². The maximum absolute atomic E-state index is 5.77. The van der Waals surface area contributed by atoms with Gasteiger partial charge in [-0.25, -0.2) is 4.99 Å². The number of allylic oxidation sites excluding steroid dienone is 2. The van der Waals surface area contributed by atoms with Gasteiger partial charge in [0, 0.05) is 6.20 Å². The maximum atomic E-state index is 5.77. The molecule has 4 N–H and O–H groups in total. The molecule has 1 heterocycles. The van der Waals surface area contributed by atoms with Crippen LogP contribution in [0, 0.1) is 5.92 Å². The summed E-state index contributed by atoms with van der Waals surface area (Å²) in [5.74, 6) is 0.880. The SMILES string of the molecule is CC1=C(N)C(N)=NC=CCC1C. The van der Waals surface area contributed by atoms with Crippen molar-refractivity contribution in [1.82, 2.24) is 0 Å². The van der Waals surface area contributed by atoms with Crippen molar-refractivity contribution in [2.75, 3.05) is 0 Å². The van der Waals surface area contributed by atoms with E-state index in [9.17, 15) is 0 Å². The molecule has 12 heavy (non-hydrogen) atoms. The minimum Gasteiger partial charge on any atom is -0.396 e. The zero-order chi connectivity index (χ0) is 9.14. The van der Waals surface area contributed by atoms with E-state index in [0.717, 1.165) is 12.0 Å². The van der Waals surface area contributed by atoms with Gasteiger partial charge in [0.1, 0.15) is 5.84 Å². The molecular weight excluding hydrogens is 150 g/mol. The fourth-order valence-corrected chi connectivity index (χ4v) is 1.11. The van der Waals surface area contributed by atoms with Gasteiger partial charge in [-0.1, -0.05) is 13.0 Å². The lowest BCUT2D eigenvalue weighted by Gasteiger charge is -2.14. The number of aliphatic imine (C=N–C) groups is 1. The molecule has 0 fully saturated rings. The van der Waals surface area contributed by atoms with E-state index < -0.39 is 0 Å². The molecule has 0 amide bonds. The summed E-state index contributed by atoms with van der Waals surface area (Å²) in [6.45, 7) is 4.13. The smallest absolute Gasteiger partial charge is 0.146 e. The van der Waals surface area contributed by atoms with Crippen molar-refractivity contribution in [3.8, 4) is 0 Å². The van der Waals surface area contributed by atoms with Gasteiger partial charge in [0.15, 0.2) is 0 Å². The summed E-state index contributed by atoms with van der Waals surface area (Å²) >= 11 is 0. The van der Waals surface area contributed by atoms with Crippen LogP contribution in [0.1, 0.15) is 20.3 Å². The van der Waals surface area contributed by atoms with Crippen molar-refractivity contribution in [2.24, 2.45) is 22.4 Å². The van der Waals surface area contributed by atoms with Crippen LogP contribution in [0.4, 0.5) is 0 Å². The predicted molar refractivity (Wildman–Crippen MR) is 51.4 cm³/mol. The molecule has 1 atom stereocenters. The summed E-state index contributed by atoms with van der Waals surface area (Å²) in [5, 5.41) is 0. The lowest BCUT2D eigenvalue weighted by atomic mass is 9.96. The molecule has 0 spiro atoms. The van der Waals surface area contributed by atoms with Crippen molar-refractivity contribution < 1.29 is 0 Å². The Kier molecular flexibility index (Phi) is 2.53. The lowest BCUT2D eigenvalue weighted by molar-refractivity contribution is 0.686. The van der Waals surface area contributed by atoms with Gasteiger partial charge in [-0.05, 0) is 24.8 Å². The first-order chi connectivity index (χ1) is 5.63. The van der Waals surface area contributed by atoms with Crippen molar-refractivity contribution in [1.29, 1.82) is 0 Å². The lowest BCUT2D eigenvalue weighted by Crippen LogP contribution is -2.24. The van der Waals surface area contributed by atoms with E-state index in [2.05, 4.69) is 11.9 Å². The number of hydrogen-bond acceptors (Lipinski definition) is 3. The van der Waals surface area contributed by atoms with Gasteiger partial charge in [0.05, 0.1) is 5.70 Å². The van der Waals surface area contributed by atoms with Crippen LogP contribution in [0.5, 0.6) is 0 Å². The Morgan fingerprint density at radius 2 is 2.17 bits per heavy atom. The molecule has 0 aromatic carbocycles. The molecule has 0 bridgehead atoms. The highest BCUT2D eigenvalue weighted by molar-refractivity contribution is 5.97. The molecule has 0 saturated heterocycles. The zero-order valence-corrected chi connectivity index (χ0v) is 7.54. The first-order valence-corrected chi connectivity index (χ1v) is 4.08. The van der Waals surface area contributed by atoms with E-state index in [-0.39, 0.29) is 0 Å². The van der Waals surface area contributed by atoms with Gasteiger partial charge in [0.25, 0.3) is 0 Å². The van der Waals surface area contributed by atoms with E-state index in [1.807, 2.05) is 13.0 Å². The van der Waals surface area contributed by atoms with E-state index >= 15 is 0 Å². The summed E-state index contributed by atoms with van der Waals surface area (Å²) in [5.41, 5.74) is 13.1. The molecule has 1 rings (SSSR count). The second-order valence-corrected chi connectivity index (χ2v) is 3.13. The first kappa shape index (κ1) is 8.84. The van der Waals surface area contributed by atoms with Crippen LogP contribution >= 0.6 is 0 Å². The number of amidine groups is 1. The van der Waals surface area contributed by atoms with Crippen LogP contribution in [0.15, 0.2) is 28.5 Å². The molecule has 66 valence electrons. The molecule has 0 aromatic heterocycles. The van der Waals surface area contributed by atoms with Crippen LogP contribution in [0.25, 0.3) is 0 Å². The maximum Gasteiger partial charge on any atom is 0.146 e. The molecule has 0 aliphatic carbocycles. The third-order valence-electron chi connectivity index (χ3n) is 2.25. The van der Waals surface area contributed by atoms with E-state index in [0.29, 0.717) is 17.5 Å². The van der Waals surface area contributed by atoms with Crippen LogP contribution in [-0.2, 0) is 0 Å². The fraction of sp³-hybridized carbons (Fsp3) is 0.444. The van der Waals surface area contributed by atoms with Crippen LogP contribution < -0.4 is 11.5 Å². The second-order valence-electron chi connectivity index (χ2n) is 3.13. The number of hydrogen-bond donors (Lipinski definition) is 2. The van der Waals surface area contributed by atoms with Gasteiger partial charge in [0.2, 0.25) is 0 Å². The number of nitrogens with two attached hydrogens (primary N) is 2. The molecule has 3 heteroatoms. The van der Waals surface area contributed by atoms with Crippen LogP contribution in [-0.4, -0.2) is 5.84 Å². The minimum absolute atomic E-state index is 0.426. The molecule has 1 aliphatic rings. The summed E-state index contributed by atoms with van der Waals surface area (Å²) in [4.78, 5) is 3.98. The van der Waals surface area contributed by atoms with Gasteiger partial charge in [-0.3, -0.25) is 0 Å². The summed E-state index contributed by atoms with van der Waals surface area (Å²) in [7, 11) is 0. The molecule has 0 radical (unpaired) electrons. The van der Waals surface area contributed by atoms with Crippen LogP contribution in [0.2, 0.25) is 0 Å². The molecule has 3 nitrogen and oxygen atoms in total. The van der Waals surface area contributed by atoms with Crippen molar-refractivity contribution in [2.45, 2.75) is 20.3 Å². The molecule has 1 aliphatic heterocycles. The normalized spacial score (nSPS) is 24.8. The Bertz CT molecular complexity index is 261. The summed E-state index contributed by atoms with van der Waals surface area (Å²) in [6, 6.07) is 0. The van der Waals surface area contributed by atoms with Crippen molar-refractivity contribution in [3.63, 3.8) is 0 Å². The largest absolute Gasteiger partial charge is 0.396 e. The Hall–Kier alpha value is -1.25. The number of rotatable bonds is 0. The Morgan fingerprint density at radius 1 is 1.50 bits per heavy atom. The fourth-order valence-electron chi connectivity index (χ4n) is 1.11. The first-order valence-electron chi connectivity index (χ1n) is 4.08. The summed E-state index contributed by atoms with van der Waals surface area (Å²) < 4.78 is 0. The second kappa shape index (κ2) is 3.43. The third kappa shape index (κ3) is 1.67. The molecular formula is C9H15N3. The zero-order valence-electron chi connectivity index (χ0n) is 7.54. The predicted octanol–water partition coefficient (Wildman–Crippen LogP) is 1.13. The average Bonchev–Trinajstić information content (AvgIpc) is 2.07. The quantitative estimate of drug-likeness (QED) is 0.565. The van der Waals surface area contributed by atoms with E-state index in [1.165, 1.54) is 0 Å². The molecule has 1 unspecified atom stereocenters.